The Bertz CT molecular complexity index is 626. The molecule has 1 heterocycles. The van der Waals surface area contributed by atoms with Crippen molar-refractivity contribution >= 4 is 11.0 Å². The number of nitrogens with zero attached hydrogens (tertiary/aromatic N) is 2. The highest BCUT2D eigenvalue weighted by Crippen LogP contribution is 2.39. The molecule has 0 aliphatic heterocycles. The van der Waals surface area contributed by atoms with Gasteiger partial charge in [0.05, 0.1) is 17.5 Å². The Kier molecular flexibility index (Phi) is 3.20. The minimum atomic E-state index is -4.14. The summed E-state index contributed by atoms with van der Waals surface area (Å²) >= 11 is 0. The van der Waals surface area contributed by atoms with E-state index in [9.17, 15) is 13.2 Å². The molecule has 1 aromatic heterocycles. The molecule has 1 aromatic carbocycles. The van der Waals surface area contributed by atoms with Crippen molar-refractivity contribution in [2.24, 2.45) is 5.73 Å². The number of aryl methyl sites for hydroxylation is 1. The number of halogens is 3. The summed E-state index contributed by atoms with van der Waals surface area (Å²) in [5, 5.41) is 0. The van der Waals surface area contributed by atoms with E-state index in [0.717, 1.165) is 29.4 Å². The lowest BCUT2D eigenvalue weighted by atomic mass is 10.2. The molecule has 1 saturated carbocycles. The lowest BCUT2D eigenvalue weighted by Crippen LogP contribution is -2.11. The topological polar surface area (TPSA) is 43.8 Å². The predicted molar refractivity (Wildman–Crippen MR) is 70.3 cm³/mol. The molecule has 0 unspecified atom stereocenters. The molecule has 108 valence electrons. The number of benzene rings is 1. The second-order valence-corrected chi connectivity index (χ2v) is 5.27. The van der Waals surface area contributed by atoms with Crippen molar-refractivity contribution in [2.75, 3.05) is 0 Å². The van der Waals surface area contributed by atoms with Gasteiger partial charge >= 0.3 is 6.18 Å². The van der Waals surface area contributed by atoms with Crippen LogP contribution in [-0.4, -0.2) is 15.7 Å². The molecule has 0 amide bonds. The molecule has 1 aliphatic rings. The van der Waals surface area contributed by atoms with Crippen molar-refractivity contribution < 1.29 is 13.2 Å². The van der Waals surface area contributed by atoms with Gasteiger partial charge in [-0.25, -0.2) is 4.98 Å². The SMILES string of the molecule is NCc1ccc2c(c1)nc(CCC(F)(F)F)n2C1CC1. The van der Waals surface area contributed by atoms with Crippen LogP contribution in [0.15, 0.2) is 18.2 Å². The third-order valence-electron chi connectivity index (χ3n) is 3.61. The van der Waals surface area contributed by atoms with Crippen molar-refractivity contribution in [2.45, 2.75) is 44.4 Å². The lowest BCUT2D eigenvalue weighted by Gasteiger charge is -2.09. The average molecular weight is 283 g/mol. The third-order valence-corrected chi connectivity index (χ3v) is 3.61. The Morgan fingerprint density at radius 2 is 2.05 bits per heavy atom. The van der Waals surface area contributed by atoms with Crippen LogP contribution in [0.25, 0.3) is 11.0 Å². The van der Waals surface area contributed by atoms with Crippen LogP contribution in [0.2, 0.25) is 0 Å². The van der Waals surface area contributed by atoms with E-state index in [-0.39, 0.29) is 6.42 Å². The first-order valence-electron chi connectivity index (χ1n) is 6.74. The first kappa shape index (κ1) is 13.4. The maximum Gasteiger partial charge on any atom is 0.389 e. The molecule has 0 atom stereocenters. The Labute approximate surface area is 114 Å². The van der Waals surface area contributed by atoms with Crippen molar-refractivity contribution in [3.05, 3.63) is 29.6 Å². The van der Waals surface area contributed by atoms with Gasteiger partial charge < -0.3 is 10.3 Å². The molecule has 2 aromatic rings. The van der Waals surface area contributed by atoms with Gasteiger partial charge in [0, 0.05) is 19.0 Å². The van der Waals surface area contributed by atoms with E-state index < -0.39 is 12.6 Å². The minimum Gasteiger partial charge on any atom is -0.326 e. The molecule has 2 N–H and O–H groups in total. The van der Waals surface area contributed by atoms with Gasteiger partial charge in [0.1, 0.15) is 5.82 Å². The number of hydrogen-bond donors (Lipinski definition) is 1. The van der Waals surface area contributed by atoms with Crippen molar-refractivity contribution in [3.8, 4) is 0 Å². The van der Waals surface area contributed by atoms with Gasteiger partial charge in [-0.1, -0.05) is 6.07 Å². The van der Waals surface area contributed by atoms with E-state index in [1.54, 1.807) is 0 Å². The van der Waals surface area contributed by atoms with Gasteiger partial charge in [0.2, 0.25) is 0 Å². The summed E-state index contributed by atoms with van der Waals surface area (Å²) in [6.45, 7) is 0.407. The molecular formula is C14H16F3N3. The summed E-state index contributed by atoms with van der Waals surface area (Å²) in [5.41, 5.74) is 8.20. The average Bonchev–Trinajstić information content (AvgIpc) is 3.15. The summed E-state index contributed by atoms with van der Waals surface area (Å²) in [7, 11) is 0. The molecule has 0 bridgehead atoms. The van der Waals surface area contributed by atoms with Crippen LogP contribution >= 0.6 is 0 Å². The van der Waals surface area contributed by atoms with E-state index in [2.05, 4.69) is 4.98 Å². The molecular weight excluding hydrogens is 267 g/mol. The highest BCUT2D eigenvalue weighted by molar-refractivity contribution is 5.77. The fourth-order valence-corrected chi connectivity index (χ4v) is 2.49. The minimum absolute atomic E-state index is 0.0629. The second-order valence-electron chi connectivity index (χ2n) is 5.27. The molecule has 3 rings (SSSR count). The lowest BCUT2D eigenvalue weighted by molar-refractivity contribution is -0.134. The quantitative estimate of drug-likeness (QED) is 0.935. The summed E-state index contributed by atoms with van der Waals surface area (Å²) in [6, 6.07) is 6.01. The molecule has 1 fully saturated rings. The highest BCUT2D eigenvalue weighted by Gasteiger charge is 2.31. The highest BCUT2D eigenvalue weighted by atomic mass is 19.4. The maximum absolute atomic E-state index is 12.4. The number of imidazole rings is 1. The summed E-state index contributed by atoms with van der Waals surface area (Å²) in [6.07, 6.45) is -3.00. The number of rotatable bonds is 4. The molecule has 6 heteroatoms. The third kappa shape index (κ3) is 2.65. The largest absolute Gasteiger partial charge is 0.389 e. The number of fused-ring (bicyclic) bond motifs is 1. The second kappa shape index (κ2) is 4.77. The standard InChI is InChI=1S/C14H16F3N3/c15-14(16,17)6-5-13-19-11-7-9(8-18)1-4-12(11)20(13)10-2-3-10/h1,4,7,10H,2-3,5-6,8,18H2. The number of hydrogen-bond acceptors (Lipinski definition) is 2. The zero-order valence-electron chi connectivity index (χ0n) is 11.0. The van der Waals surface area contributed by atoms with E-state index in [1.165, 1.54) is 0 Å². The molecule has 3 nitrogen and oxygen atoms in total. The van der Waals surface area contributed by atoms with Crippen LogP contribution in [0.4, 0.5) is 13.2 Å². The summed E-state index contributed by atoms with van der Waals surface area (Å²) < 4.78 is 39.2. The first-order chi connectivity index (χ1) is 9.48. The monoisotopic (exact) mass is 283 g/mol. The van der Waals surface area contributed by atoms with E-state index in [4.69, 9.17) is 5.73 Å². The Morgan fingerprint density at radius 1 is 1.30 bits per heavy atom. The molecule has 20 heavy (non-hydrogen) atoms. The van der Waals surface area contributed by atoms with Crippen LogP contribution in [0.1, 0.15) is 36.7 Å². The zero-order valence-corrected chi connectivity index (χ0v) is 11.0. The Hall–Kier alpha value is -1.56. The van der Waals surface area contributed by atoms with E-state index >= 15 is 0 Å². The van der Waals surface area contributed by atoms with Crippen molar-refractivity contribution in [1.29, 1.82) is 0 Å². The van der Waals surface area contributed by atoms with E-state index in [1.807, 2.05) is 22.8 Å². The number of nitrogens with two attached hydrogens (primary N) is 1. The van der Waals surface area contributed by atoms with Crippen molar-refractivity contribution in [1.82, 2.24) is 9.55 Å². The molecule has 0 saturated heterocycles. The number of aromatic nitrogens is 2. The van der Waals surface area contributed by atoms with Gasteiger partial charge in [-0.05, 0) is 30.5 Å². The Morgan fingerprint density at radius 3 is 2.65 bits per heavy atom. The Balaban J connectivity index is 1.99. The summed E-state index contributed by atoms with van der Waals surface area (Å²) in [4.78, 5) is 4.39. The summed E-state index contributed by atoms with van der Waals surface area (Å²) in [5.74, 6) is 0.536. The van der Waals surface area contributed by atoms with Gasteiger partial charge in [-0.15, -0.1) is 0 Å². The van der Waals surface area contributed by atoms with Gasteiger partial charge in [0.15, 0.2) is 0 Å². The zero-order chi connectivity index (χ0) is 14.3. The maximum atomic E-state index is 12.4. The van der Waals surface area contributed by atoms with Crippen LogP contribution < -0.4 is 5.73 Å². The molecule has 0 spiro atoms. The first-order valence-corrected chi connectivity index (χ1v) is 6.74. The number of alkyl halides is 3. The fourth-order valence-electron chi connectivity index (χ4n) is 2.49. The van der Waals surface area contributed by atoms with Crippen LogP contribution in [0.3, 0.4) is 0 Å². The fraction of sp³-hybridized carbons (Fsp3) is 0.500. The van der Waals surface area contributed by atoms with Gasteiger partial charge in [-0.2, -0.15) is 13.2 Å². The van der Waals surface area contributed by atoms with Crippen LogP contribution in [0, 0.1) is 0 Å². The van der Waals surface area contributed by atoms with E-state index in [0.29, 0.717) is 18.4 Å². The van der Waals surface area contributed by atoms with Crippen LogP contribution in [-0.2, 0) is 13.0 Å². The molecule has 0 radical (unpaired) electrons. The van der Waals surface area contributed by atoms with Crippen molar-refractivity contribution in [3.63, 3.8) is 0 Å². The van der Waals surface area contributed by atoms with Gasteiger partial charge in [0.25, 0.3) is 0 Å². The normalized spacial score (nSPS) is 16.0. The predicted octanol–water partition coefficient (Wildman–Crippen LogP) is 3.32. The van der Waals surface area contributed by atoms with Gasteiger partial charge in [-0.3, -0.25) is 0 Å². The molecule has 1 aliphatic carbocycles. The smallest absolute Gasteiger partial charge is 0.326 e. The van der Waals surface area contributed by atoms with Crippen LogP contribution in [0.5, 0.6) is 0 Å².